The molecule has 2 heteroatoms. The Hall–Kier alpha value is -6.12. The fourth-order valence-electron chi connectivity index (χ4n) is 6.02. The smallest absolute Gasteiger partial charge is 0.0540 e. The topological polar surface area (TPSA) is 6.48 Å². The minimum absolute atomic E-state index is 1.08. The molecule has 7 aromatic carbocycles. The zero-order valence-electron chi connectivity index (χ0n) is 28.4. The van der Waals surface area contributed by atoms with Crippen molar-refractivity contribution < 1.29 is 0 Å². The predicted molar refractivity (Wildman–Crippen MR) is 212 cm³/mol. The molecule has 0 aliphatic heterocycles. The van der Waals surface area contributed by atoms with Gasteiger partial charge in [0, 0.05) is 33.8 Å². The van der Waals surface area contributed by atoms with Crippen LogP contribution in [-0.4, -0.2) is 0 Å². The van der Waals surface area contributed by atoms with Gasteiger partial charge in [-0.2, -0.15) is 0 Å². The second-order valence-corrected chi connectivity index (χ2v) is 11.5. The van der Waals surface area contributed by atoms with Crippen LogP contribution in [0.3, 0.4) is 0 Å². The Balaban J connectivity index is 0.00000205. The van der Waals surface area contributed by atoms with E-state index < -0.39 is 0 Å². The van der Waals surface area contributed by atoms with E-state index in [2.05, 4.69) is 217 Å². The minimum Gasteiger partial charge on any atom is -0.311 e. The first-order valence-electron chi connectivity index (χ1n) is 17.0. The van der Waals surface area contributed by atoms with Crippen LogP contribution in [0.15, 0.2) is 200 Å². The van der Waals surface area contributed by atoms with Crippen LogP contribution in [0.25, 0.3) is 21.9 Å². The van der Waals surface area contributed by atoms with Crippen molar-refractivity contribution >= 4 is 44.9 Å². The van der Waals surface area contributed by atoms with Crippen molar-refractivity contribution in [1.82, 2.24) is 0 Å². The van der Waals surface area contributed by atoms with E-state index in [4.69, 9.17) is 0 Å². The van der Waals surface area contributed by atoms with Crippen molar-refractivity contribution in [3.8, 4) is 11.1 Å². The standard InChI is InChI=1S/C45H36N2.C2H6/c1-35-15-5-2-6-21-40(24-13-16-35)46(39-19-7-3-8-20-39)42-31-27-36(28-32-42)37-29-33-43(34-30-37)47(41-22-9-4-10-23-41)45-26-14-18-38-17-11-12-25-44(38)45;1-2/h2-34H,1H3;1-2H3. The Morgan fingerprint density at radius 1 is 0.306 bits per heavy atom. The third-order valence-corrected chi connectivity index (χ3v) is 8.35. The molecule has 240 valence electrons. The van der Waals surface area contributed by atoms with Gasteiger partial charge in [0.05, 0.1) is 5.69 Å². The van der Waals surface area contributed by atoms with Crippen molar-refractivity contribution in [3.05, 3.63) is 206 Å². The maximum absolute atomic E-state index is 2.34. The Kier molecular flexibility index (Phi) is 10.8. The lowest BCUT2D eigenvalue weighted by molar-refractivity contribution is 1.28. The molecule has 0 bridgehead atoms. The third kappa shape index (κ3) is 7.72. The number of rotatable bonds is 7. The summed E-state index contributed by atoms with van der Waals surface area (Å²) in [6, 6.07) is 70.9. The van der Waals surface area contributed by atoms with Crippen LogP contribution in [0.5, 0.6) is 0 Å². The zero-order chi connectivity index (χ0) is 33.8. The number of benzene rings is 6. The molecule has 0 amide bonds. The van der Waals surface area contributed by atoms with Gasteiger partial charge in [0.1, 0.15) is 0 Å². The van der Waals surface area contributed by atoms with E-state index in [0.29, 0.717) is 0 Å². The van der Waals surface area contributed by atoms with Crippen LogP contribution in [0.1, 0.15) is 19.4 Å². The summed E-state index contributed by atoms with van der Waals surface area (Å²) in [4.78, 5) is 4.64. The molecular formula is C47H42N2. The highest BCUT2D eigenvalue weighted by atomic mass is 15.1. The van der Waals surface area contributed by atoms with E-state index >= 15 is 0 Å². The van der Waals surface area contributed by atoms with Crippen LogP contribution in [-0.2, 0) is 0 Å². The molecule has 0 aliphatic rings. The molecule has 0 saturated heterocycles. The summed E-state index contributed by atoms with van der Waals surface area (Å²) in [5.74, 6) is 0. The van der Waals surface area contributed by atoms with Gasteiger partial charge in [-0.1, -0.05) is 153 Å². The number of nitrogens with zero attached hydrogens (tertiary/aromatic N) is 2. The molecule has 2 nitrogen and oxygen atoms in total. The summed E-state index contributed by atoms with van der Waals surface area (Å²) >= 11 is 0. The van der Waals surface area contributed by atoms with Crippen molar-refractivity contribution in [2.24, 2.45) is 0 Å². The zero-order valence-corrected chi connectivity index (χ0v) is 28.4. The highest BCUT2D eigenvalue weighted by molar-refractivity contribution is 5.99. The molecule has 7 aromatic rings. The van der Waals surface area contributed by atoms with Gasteiger partial charge in [-0.25, -0.2) is 0 Å². The summed E-state index contributed by atoms with van der Waals surface area (Å²) in [6.07, 6.45) is 0. The number of hydrogen-bond donors (Lipinski definition) is 0. The molecule has 7 rings (SSSR count). The van der Waals surface area contributed by atoms with E-state index in [1.165, 1.54) is 27.5 Å². The molecular weight excluding hydrogens is 593 g/mol. The first-order chi connectivity index (χ1) is 24.2. The van der Waals surface area contributed by atoms with Gasteiger partial charge < -0.3 is 9.80 Å². The maximum Gasteiger partial charge on any atom is 0.0540 e. The maximum atomic E-state index is 2.34. The first-order valence-corrected chi connectivity index (χ1v) is 17.0. The summed E-state index contributed by atoms with van der Waals surface area (Å²) in [5, 5.41) is 2.45. The van der Waals surface area contributed by atoms with Crippen LogP contribution in [0.4, 0.5) is 34.1 Å². The Labute approximate surface area is 291 Å². The predicted octanol–water partition coefficient (Wildman–Crippen LogP) is 13.9. The van der Waals surface area contributed by atoms with Crippen LogP contribution in [0.2, 0.25) is 0 Å². The Morgan fingerprint density at radius 2 is 0.673 bits per heavy atom. The highest BCUT2D eigenvalue weighted by Gasteiger charge is 2.16. The molecule has 0 radical (unpaired) electrons. The van der Waals surface area contributed by atoms with E-state index in [1.807, 2.05) is 13.8 Å². The third-order valence-electron chi connectivity index (χ3n) is 8.35. The molecule has 0 spiro atoms. The molecule has 0 N–H and O–H groups in total. The molecule has 49 heavy (non-hydrogen) atoms. The van der Waals surface area contributed by atoms with Crippen LogP contribution < -0.4 is 9.80 Å². The van der Waals surface area contributed by atoms with Gasteiger partial charge in [-0.05, 0) is 90.2 Å². The normalized spacial score (nSPS) is 10.3. The van der Waals surface area contributed by atoms with Crippen LogP contribution in [0, 0.1) is 6.92 Å². The van der Waals surface area contributed by atoms with Gasteiger partial charge in [0.2, 0.25) is 0 Å². The second kappa shape index (κ2) is 16.1. The van der Waals surface area contributed by atoms with E-state index in [1.54, 1.807) is 0 Å². The molecule has 0 atom stereocenters. The highest BCUT2D eigenvalue weighted by Crippen LogP contribution is 2.40. The SMILES string of the molecule is CC.Cc1cccccc(N(c2ccccc2)c2ccc(-c3ccc(N(c4ccccc4)c4cccc5ccccc45)cc3)cc2)ccc1. The van der Waals surface area contributed by atoms with Crippen LogP contribution >= 0.6 is 0 Å². The fourth-order valence-corrected chi connectivity index (χ4v) is 6.02. The van der Waals surface area contributed by atoms with Gasteiger partial charge in [-0.3, -0.25) is 0 Å². The minimum atomic E-state index is 1.08. The second-order valence-electron chi connectivity index (χ2n) is 11.5. The number of para-hydroxylation sites is 2. The number of fused-ring (bicyclic) bond motifs is 1. The van der Waals surface area contributed by atoms with Gasteiger partial charge in [0.15, 0.2) is 0 Å². The lowest BCUT2D eigenvalue weighted by atomic mass is 10.0. The average molecular weight is 635 g/mol. The number of hydrogen-bond acceptors (Lipinski definition) is 2. The molecule has 0 saturated carbocycles. The lowest BCUT2D eigenvalue weighted by Crippen LogP contribution is -2.10. The van der Waals surface area contributed by atoms with E-state index in [0.717, 1.165) is 34.1 Å². The summed E-state index contributed by atoms with van der Waals surface area (Å²) in [5.41, 5.74) is 10.2. The average Bonchev–Trinajstić information content (AvgIpc) is 3.17. The molecule has 0 aliphatic carbocycles. The van der Waals surface area contributed by atoms with Crippen molar-refractivity contribution in [1.29, 1.82) is 0 Å². The molecule has 0 heterocycles. The van der Waals surface area contributed by atoms with Crippen molar-refractivity contribution in [2.45, 2.75) is 20.8 Å². The van der Waals surface area contributed by atoms with Gasteiger partial charge in [-0.15, -0.1) is 0 Å². The lowest BCUT2D eigenvalue weighted by Gasteiger charge is -2.27. The van der Waals surface area contributed by atoms with E-state index in [9.17, 15) is 0 Å². The summed E-state index contributed by atoms with van der Waals surface area (Å²) < 4.78 is 0. The fraction of sp³-hybridized carbons (Fsp3) is 0.0638. The number of aryl methyl sites for hydroxylation is 1. The monoisotopic (exact) mass is 634 g/mol. The number of anilines is 6. The van der Waals surface area contributed by atoms with Gasteiger partial charge in [0.25, 0.3) is 0 Å². The summed E-state index contributed by atoms with van der Waals surface area (Å²) in [6.45, 7) is 6.11. The van der Waals surface area contributed by atoms with E-state index in [-0.39, 0.29) is 0 Å². The Morgan fingerprint density at radius 3 is 1.24 bits per heavy atom. The Bertz CT molecular complexity index is 2130. The first kappa shape index (κ1) is 32.8. The summed E-state index contributed by atoms with van der Waals surface area (Å²) in [7, 11) is 0. The quantitative estimate of drug-likeness (QED) is 0.172. The van der Waals surface area contributed by atoms with Gasteiger partial charge >= 0.3 is 0 Å². The molecule has 0 fully saturated rings. The van der Waals surface area contributed by atoms with Crippen molar-refractivity contribution in [3.63, 3.8) is 0 Å². The van der Waals surface area contributed by atoms with Crippen molar-refractivity contribution in [2.75, 3.05) is 9.80 Å². The largest absolute Gasteiger partial charge is 0.311 e. The molecule has 0 unspecified atom stereocenters. The molecule has 0 aromatic heterocycles.